The molecule has 1 aliphatic heterocycles. The lowest BCUT2D eigenvalue weighted by molar-refractivity contribution is 0.0913. The Kier molecular flexibility index (Phi) is 3.33. The van der Waals surface area contributed by atoms with Crippen molar-refractivity contribution in [1.29, 1.82) is 0 Å². The molecule has 3 nitrogen and oxygen atoms in total. The molecular formula is C15H21NO2. The summed E-state index contributed by atoms with van der Waals surface area (Å²) in [5.74, 6) is 0.752. The van der Waals surface area contributed by atoms with Gasteiger partial charge in [0.2, 0.25) is 0 Å². The second kappa shape index (κ2) is 4.63. The molecule has 0 radical (unpaired) electrons. The van der Waals surface area contributed by atoms with Gasteiger partial charge in [-0.15, -0.1) is 0 Å². The first-order valence-electron chi connectivity index (χ1n) is 6.37. The van der Waals surface area contributed by atoms with E-state index in [0.717, 1.165) is 29.7 Å². The summed E-state index contributed by atoms with van der Waals surface area (Å²) >= 11 is 0. The van der Waals surface area contributed by atoms with E-state index in [-0.39, 0.29) is 17.4 Å². The fraction of sp³-hybridized carbons (Fsp3) is 0.533. The number of methoxy groups -OCH3 is 1. The molecule has 1 aliphatic rings. The Morgan fingerprint density at radius 1 is 1.39 bits per heavy atom. The Balaban J connectivity index is 2.22. The molecule has 3 heteroatoms. The van der Waals surface area contributed by atoms with Gasteiger partial charge in [-0.25, -0.2) is 0 Å². The minimum Gasteiger partial charge on any atom is -0.497 e. The van der Waals surface area contributed by atoms with Crippen molar-refractivity contribution in [2.24, 2.45) is 5.41 Å². The van der Waals surface area contributed by atoms with Crippen LogP contribution in [0.5, 0.6) is 5.75 Å². The maximum atomic E-state index is 12.1. The van der Waals surface area contributed by atoms with E-state index in [0.29, 0.717) is 0 Å². The standard InChI is InChI=1S/C15H21NO2/c1-15(2,3)9-11-7-10-5-6-12(18-4)8-13(10)14(17)16-11/h5-6,8,11H,7,9H2,1-4H3,(H,16,17). The number of rotatable bonds is 2. The summed E-state index contributed by atoms with van der Waals surface area (Å²) in [6.07, 6.45) is 1.90. The molecule has 1 aromatic rings. The molecule has 1 heterocycles. The van der Waals surface area contributed by atoms with Crippen molar-refractivity contribution in [1.82, 2.24) is 5.32 Å². The first-order chi connectivity index (χ1) is 8.39. The highest BCUT2D eigenvalue weighted by molar-refractivity contribution is 5.97. The first kappa shape index (κ1) is 12.9. The Morgan fingerprint density at radius 2 is 2.11 bits per heavy atom. The fourth-order valence-corrected chi connectivity index (χ4v) is 2.51. The molecule has 0 saturated heterocycles. The molecule has 0 spiro atoms. The van der Waals surface area contributed by atoms with E-state index in [1.54, 1.807) is 7.11 Å². The normalized spacial score (nSPS) is 19.1. The van der Waals surface area contributed by atoms with Gasteiger partial charge in [-0.3, -0.25) is 4.79 Å². The van der Waals surface area contributed by atoms with Gasteiger partial charge in [0, 0.05) is 11.6 Å². The predicted octanol–water partition coefficient (Wildman–Crippen LogP) is 2.79. The fourth-order valence-electron chi connectivity index (χ4n) is 2.51. The molecule has 0 saturated carbocycles. The molecule has 2 rings (SSSR count). The number of benzene rings is 1. The van der Waals surface area contributed by atoms with Crippen LogP contribution in [-0.4, -0.2) is 19.1 Å². The average molecular weight is 247 g/mol. The summed E-state index contributed by atoms with van der Waals surface area (Å²) in [6.45, 7) is 6.59. The molecule has 1 unspecified atom stereocenters. The van der Waals surface area contributed by atoms with Crippen molar-refractivity contribution in [3.63, 3.8) is 0 Å². The van der Waals surface area contributed by atoms with E-state index in [2.05, 4.69) is 26.1 Å². The Labute approximate surface area is 109 Å². The van der Waals surface area contributed by atoms with E-state index < -0.39 is 0 Å². The van der Waals surface area contributed by atoms with Crippen LogP contribution in [0.3, 0.4) is 0 Å². The van der Waals surface area contributed by atoms with Crippen molar-refractivity contribution in [3.8, 4) is 5.75 Å². The number of nitrogens with one attached hydrogen (secondary N) is 1. The molecule has 18 heavy (non-hydrogen) atoms. The van der Waals surface area contributed by atoms with Crippen LogP contribution < -0.4 is 10.1 Å². The molecule has 0 aromatic heterocycles. The van der Waals surface area contributed by atoms with Crippen molar-refractivity contribution < 1.29 is 9.53 Å². The Morgan fingerprint density at radius 3 is 2.72 bits per heavy atom. The zero-order valence-corrected chi connectivity index (χ0v) is 11.5. The highest BCUT2D eigenvalue weighted by Crippen LogP contribution is 2.28. The topological polar surface area (TPSA) is 38.3 Å². The molecule has 1 N–H and O–H groups in total. The molecule has 0 fully saturated rings. The summed E-state index contributed by atoms with van der Waals surface area (Å²) in [6, 6.07) is 5.98. The van der Waals surface area contributed by atoms with Gasteiger partial charge >= 0.3 is 0 Å². The third-order valence-corrected chi connectivity index (χ3v) is 3.22. The third kappa shape index (κ3) is 2.84. The highest BCUT2D eigenvalue weighted by atomic mass is 16.5. The molecule has 98 valence electrons. The zero-order chi connectivity index (χ0) is 13.3. The quantitative estimate of drug-likeness (QED) is 0.872. The van der Waals surface area contributed by atoms with Crippen molar-refractivity contribution >= 4 is 5.91 Å². The summed E-state index contributed by atoms with van der Waals surface area (Å²) in [4.78, 5) is 12.1. The highest BCUT2D eigenvalue weighted by Gasteiger charge is 2.27. The van der Waals surface area contributed by atoms with Crippen LogP contribution >= 0.6 is 0 Å². The maximum Gasteiger partial charge on any atom is 0.251 e. The van der Waals surface area contributed by atoms with Crippen LogP contribution in [0.1, 0.15) is 43.1 Å². The lowest BCUT2D eigenvalue weighted by Crippen LogP contribution is -2.43. The van der Waals surface area contributed by atoms with Crippen LogP contribution in [0.15, 0.2) is 18.2 Å². The van der Waals surface area contributed by atoms with Gasteiger partial charge in [-0.2, -0.15) is 0 Å². The van der Waals surface area contributed by atoms with Crippen LogP contribution in [0.2, 0.25) is 0 Å². The van der Waals surface area contributed by atoms with E-state index >= 15 is 0 Å². The van der Waals surface area contributed by atoms with Crippen molar-refractivity contribution in [2.45, 2.75) is 39.7 Å². The number of ether oxygens (including phenoxy) is 1. The predicted molar refractivity (Wildman–Crippen MR) is 72.0 cm³/mol. The molecule has 1 atom stereocenters. The van der Waals surface area contributed by atoms with E-state index in [1.807, 2.05) is 18.2 Å². The Hall–Kier alpha value is -1.51. The number of fused-ring (bicyclic) bond motifs is 1. The zero-order valence-electron chi connectivity index (χ0n) is 11.5. The molecule has 1 aromatic carbocycles. The van der Waals surface area contributed by atoms with Crippen LogP contribution in [-0.2, 0) is 6.42 Å². The van der Waals surface area contributed by atoms with Crippen molar-refractivity contribution in [2.75, 3.05) is 7.11 Å². The van der Waals surface area contributed by atoms with Gasteiger partial charge < -0.3 is 10.1 Å². The van der Waals surface area contributed by atoms with Gasteiger partial charge in [0.1, 0.15) is 5.75 Å². The summed E-state index contributed by atoms with van der Waals surface area (Å²) in [5, 5.41) is 3.09. The second-order valence-corrected chi connectivity index (χ2v) is 6.16. The monoisotopic (exact) mass is 247 g/mol. The number of hydrogen-bond acceptors (Lipinski definition) is 2. The summed E-state index contributed by atoms with van der Waals surface area (Å²) in [5.41, 5.74) is 2.09. The smallest absolute Gasteiger partial charge is 0.251 e. The maximum absolute atomic E-state index is 12.1. The van der Waals surface area contributed by atoms with Gasteiger partial charge in [0.25, 0.3) is 5.91 Å². The van der Waals surface area contributed by atoms with E-state index in [4.69, 9.17) is 4.74 Å². The van der Waals surface area contributed by atoms with Crippen LogP contribution in [0.4, 0.5) is 0 Å². The number of carbonyl (C=O) groups is 1. The second-order valence-electron chi connectivity index (χ2n) is 6.16. The third-order valence-electron chi connectivity index (χ3n) is 3.22. The largest absolute Gasteiger partial charge is 0.497 e. The SMILES string of the molecule is COc1ccc2c(c1)C(=O)NC(CC(C)(C)C)C2. The lowest BCUT2D eigenvalue weighted by Gasteiger charge is -2.31. The number of carbonyl (C=O) groups excluding carboxylic acids is 1. The number of amides is 1. The van der Waals surface area contributed by atoms with Gasteiger partial charge in [-0.1, -0.05) is 26.8 Å². The molecular weight excluding hydrogens is 226 g/mol. The Bertz CT molecular complexity index is 460. The first-order valence-corrected chi connectivity index (χ1v) is 6.37. The van der Waals surface area contributed by atoms with E-state index in [1.165, 1.54) is 0 Å². The van der Waals surface area contributed by atoms with Gasteiger partial charge in [-0.05, 0) is 36.0 Å². The molecule has 0 bridgehead atoms. The van der Waals surface area contributed by atoms with Crippen LogP contribution in [0, 0.1) is 5.41 Å². The average Bonchev–Trinajstić information content (AvgIpc) is 2.26. The van der Waals surface area contributed by atoms with E-state index in [9.17, 15) is 4.79 Å². The van der Waals surface area contributed by atoms with Crippen LogP contribution in [0.25, 0.3) is 0 Å². The minimum absolute atomic E-state index is 0.0180. The molecule has 0 aliphatic carbocycles. The van der Waals surface area contributed by atoms with Gasteiger partial charge in [0.15, 0.2) is 0 Å². The summed E-state index contributed by atoms with van der Waals surface area (Å²) in [7, 11) is 1.62. The lowest BCUT2D eigenvalue weighted by atomic mass is 9.83. The van der Waals surface area contributed by atoms with Gasteiger partial charge in [0.05, 0.1) is 7.11 Å². The van der Waals surface area contributed by atoms with Crippen molar-refractivity contribution in [3.05, 3.63) is 29.3 Å². The summed E-state index contributed by atoms with van der Waals surface area (Å²) < 4.78 is 5.16. The molecule has 1 amide bonds. The number of hydrogen-bond donors (Lipinski definition) is 1. The minimum atomic E-state index is 0.0180.